The third-order valence-electron chi connectivity index (χ3n) is 5.43. The lowest BCUT2D eigenvalue weighted by molar-refractivity contribution is -0.122. The number of nitrogens with one attached hydrogen (secondary N) is 1. The number of amides is 1. The molecule has 33 heavy (non-hydrogen) atoms. The van der Waals surface area contributed by atoms with Gasteiger partial charge in [-0.2, -0.15) is 0 Å². The number of unbranched alkanes of at least 4 members (excludes halogenated alkanes) is 3. The molecular formula is C24H32N4O3S2. The minimum atomic E-state index is -0.218. The van der Waals surface area contributed by atoms with E-state index < -0.39 is 0 Å². The van der Waals surface area contributed by atoms with E-state index in [1.54, 1.807) is 17.2 Å². The lowest BCUT2D eigenvalue weighted by Gasteiger charge is -2.14. The lowest BCUT2D eigenvalue weighted by atomic mass is 10.2. The molecule has 0 aromatic carbocycles. The van der Waals surface area contributed by atoms with E-state index in [1.165, 1.54) is 16.2 Å². The van der Waals surface area contributed by atoms with Crippen molar-refractivity contribution in [1.29, 1.82) is 0 Å². The fraction of sp³-hybridized carbons (Fsp3) is 0.500. The Morgan fingerprint density at radius 3 is 2.79 bits per heavy atom. The van der Waals surface area contributed by atoms with Gasteiger partial charge in [0.15, 0.2) is 0 Å². The summed E-state index contributed by atoms with van der Waals surface area (Å²) in [7, 11) is 0. The second-order valence-corrected chi connectivity index (χ2v) is 9.61. The van der Waals surface area contributed by atoms with Crippen molar-refractivity contribution >= 4 is 51.7 Å². The predicted molar refractivity (Wildman–Crippen MR) is 140 cm³/mol. The highest BCUT2D eigenvalue weighted by Gasteiger charge is 2.32. The summed E-state index contributed by atoms with van der Waals surface area (Å²) in [6.07, 6.45) is 8.38. The number of anilines is 1. The summed E-state index contributed by atoms with van der Waals surface area (Å²) in [5.74, 6) is 0.330. The van der Waals surface area contributed by atoms with Crippen molar-refractivity contribution in [3.63, 3.8) is 0 Å². The molecule has 2 aromatic heterocycles. The Kier molecular flexibility index (Phi) is 9.46. The molecule has 7 nitrogen and oxygen atoms in total. The van der Waals surface area contributed by atoms with Gasteiger partial charge in [-0.3, -0.25) is 18.9 Å². The fourth-order valence-electron chi connectivity index (χ4n) is 3.62. The number of hydrogen-bond donors (Lipinski definition) is 1. The Labute approximate surface area is 204 Å². The molecule has 0 saturated carbocycles. The number of thioether (sulfide) groups is 1. The van der Waals surface area contributed by atoms with E-state index >= 15 is 0 Å². The van der Waals surface area contributed by atoms with Crippen molar-refractivity contribution in [2.45, 2.75) is 52.9 Å². The molecule has 2 aromatic rings. The number of ether oxygens (including phenoxy) is 1. The minimum absolute atomic E-state index is 0.141. The average Bonchev–Trinajstić information content (AvgIpc) is 3.06. The summed E-state index contributed by atoms with van der Waals surface area (Å²) in [5, 5.41) is 3.28. The number of thiocarbonyl (C=S) groups is 1. The largest absolute Gasteiger partial charge is 0.382 e. The van der Waals surface area contributed by atoms with Crippen molar-refractivity contribution in [3.05, 3.63) is 44.7 Å². The number of aromatic nitrogens is 2. The molecule has 1 N–H and O–H groups in total. The number of hydrogen-bond acceptors (Lipinski definition) is 7. The first kappa shape index (κ1) is 25.4. The smallest absolute Gasteiger partial charge is 0.267 e. The zero-order valence-electron chi connectivity index (χ0n) is 19.6. The molecule has 0 bridgehead atoms. The second-order valence-electron chi connectivity index (χ2n) is 7.94. The van der Waals surface area contributed by atoms with Crippen molar-refractivity contribution < 1.29 is 9.53 Å². The van der Waals surface area contributed by atoms with Crippen LogP contribution in [-0.4, -0.2) is 50.8 Å². The van der Waals surface area contributed by atoms with Crippen LogP contribution in [0.5, 0.6) is 0 Å². The summed E-state index contributed by atoms with van der Waals surface area (Å²) in [4.78, 5) is 33.3. The van der Waals surface area contributed by atoms with Crippen LogP contribution in [-0.2, 0) is 9.53 Å². The summed E-state index contributed by atoms with van der Waals surface area (Å²) < 4.78 is 7.47. The highest BCUT2D eigenvalue weighted by atomic mass is 32.2. The molecule has 3 rings (SSSR count). The molecule has 0 spiro atoms. The number of nitrogens with zero attached hydrogens (tertiary/aromatic N) is 3. The SMILES string of the molecule is CCCCCCN1C(=O)/C(=C\c2c(NCCCOCC)nc3c(C)cccn3c2=O)SC1=S. The van der Waals surface area contributed by atoms with Crippen molar-refractivity contribution in [2.75, 3.05) is 31.6 Å². The standard InChI is InChI=1S/C24H32N4O3S2/c1-4-6-7-8-13-28-23(30)19(33-24(28)32)16-18-20(25-12-10-15-31-5-2)26-21-17(3)11-9-14-27(21)22(18)29/h9,11,14,16,25H,4-8,10,12-13,15H2,1-3H3/b19-16+. The quantitative estimate of drug-likeness (QED) is 0.265. The molecular weight excluding hydrogens is 456 g/mol. The summed E-state index contributed by atoms with van der Waals surface area (Å²) >= 11 is 6.70. The number of carbonyl (C=O) groups excluding carboxylic acids is 1. The van der Waals surface area contributed by atoms with Crippen LogP contribution in [0.3, 0.4) is 0 Å². The molecule has 178 valence electrons. The number of fused-ring (bicyclic) bond motifs is 1. The summed E-state index contributed by atoms with van der Waals surface area (Å²) in [6, 6.07) is 3.74. The molecule has 0 aliphatic carbocycles. The Morgan fingerprint density at radius 2 is 2.03 bits per heavy atom. The van der Waals surface area contributed by atoms with Gasteiger partial charge in [0.25, 0.3) is 11.5 Å². The van der Waals surface area contributed by atoms with Gasteiger partial charge in [0.05, 0.1) is 10.5 Å². The van der Waals surface area contributed by atoms with Gasteiger partial charge >= 0.3 is 0 Å². The molecule has 1 aliphatic heterocycles. The van der Waals surface area contributed by atoms with E-state index in [0.29, 0.717) is 52.6 Å². The summed E-state index contributed by atoms with van der Waals surface area (Å²) in [5.41, 5.74) is 1.64. The van der Waals surface area contributed by atoms with E-state index in [1.807, 2.05) is 26.0 Å². The third kappa shape index (κ3) is 6.22. The molecule has 0 radical (unpaired) electrons. The highest BCUT2D eigenvalue weighted by molar-refractivity contribution is 8.26. The van der Waals surface area contributed by atoms with Gasteiger partial charge in [-0.25, -0.2) is 4.98 Å². The van der Waals surface area contributed by atoms with Gasteiger partial charge in [0, 0.05) is 32.5 Å². The molecule has 0 atom stereocenters. The van der Waals surface area contributed by atoms with Crippen molar-refractivity contribution in [1.82, 2.24) is 14.3 Å². The first-order chi connectivity index (χ1) is 16.0. The number of aryl methyl sites for hydroxylation is 1. The first-order valence-corrected chi connectivity index (χ1v) is 12.8. The second kappa shape index (κ2) is 12.3. The van der Waals surface area contributed by atoms with E-state index in [4.69, 9.17) is 21.9 Å². The van der Waals surface area contributed by atoms with Crippen LogP contribution in [0.2, 0.25) is 0 Å². The third-order valence-corrected chi connectivity index (χ3v) is 6.81. The van der Waals surface area contributed by atoms with Crippen molar-refractivity contribution in [2.24, 2.45) is 0 Å². The minimum Gasteiger partial charge on any atom is -0.382 e. The number of pyridine rings is 1. The van der Waals surface area contributed by atoms with Crippen LogP contribution in [0.25, 0.3) is 11.7 Å². The Hall–Kier alpha value is -2.23. The first-order valence-electron chi connectivity index (χ1n) is 11.6. The van der Waals surface area contributed by atoms with E-state index in [2.05, 4.69) is 12.2 Å². The molecule has 0 unspecified atom stereocenters. The van der Waals surface area contributed by atoms with Crippen LogP contribution in [0, 0.1) is 6.92 Å². The van der Waals surface area contributed by atoms with Gasteiger partial charge < -0.3 is 10.1 Å². The van der Waals surface area contributed by atoms with E-state index in [-0.39, 0.29) is 11.5 Å². The fourth-order valence-corrected chi connectivity index (χ4v) is 4.91. The average molecular weight is 489 g/mol. The van der Waals surface area contributed by atoms with E-state index in [0.717, 1.165) is 37.7 Å². The lowest BCUT2D eigenvalue weighted by Crippen LogP contribution is -2.29. The van der Waals surface area contributed by atoms with E-state index in [9.17, 15) is 9.59 Å². The molecule has 3 heterocycles. The molecule has 1 amide bonds. The van der Waals surface area contributed by atoms with Gasteiger partial charge in [0.2, 0.25) is 0 Å². The summed E-state index contributed by atoms with van der Waals surface area (Å²) in [6.45, 7) is 8.54. The van der Waals surface area contributed by atoms with Crippen LogP contribution in [0.4, 0.5) is 5.82 Å². The zero-order valence-corrected chi connectivity index (χ0v) is 21.2. The molecule has 1 aliphatic rings. The molecule has 1 fully saturated rings. The van der Waals surface area contributed by atoms with Crippen LogP contribution in [0.15, 0.2) is 28.0 Å². The Morgan fingerprint density at radius 1 is 1.21 bits per heavy atom. The van der Waals surface area contributed by atoms with Gasteiger partial charge in [-0.05, 0) is 44.4 Å². The monoisotopic (exact) mass is 488 g/mol. The Balaban J connectivity index is 1.92. The van der Waals surface area contributed by atoms with Gasteiger partial charge in [0.1, 0.15) is 15.8 Å². The maximum Gasteiger partial charge on any atom is 0.267 e. The molecule has 1 saturated heterocycles. The zero-order chi connectivity index (χ0) is 23.8. The molecule has 9 heteroatoms. The maximum absolute atomic E-state index is 13.4. The van der Waals surface area contributed by atoms with Gasteiger partial charge in [-0.1, -0.05) is 56.2 Å². The predicted octanol–water partition coefficient (Wildman–Crippen LogP) is 4.62. The van der Waals surface area contributed by atoms with Gasteiger partial charge in [-0.15, -0.1) is 0 Å². The van der Waals surface area contributed by atoms with Crippen molar-refractivity contribution in [3.8, 4) is 0 Å². The normalized spacial score (nSPS) is 15.2. The highest BCUT2D eigenvalue weighted by Crippen LogP contribution is 2.33. The maximum atomic E-state index is 13.4. The number of rotatable bonds is 12. The van der Waals surface area contributed by atoms with Crippen LogP contribution >= 0.6 is 24.0 Å². The number of carbonyl (C=O) groups is 1. The topological polar surface area (TPSA) is 75.9 Å². The van der Waals surface area contributed by atoms with Crippen LogP contribution in [0.1, 0.15) is 57.1 Å². The van der Waals surface area contributed by atoms with Crippen LogP contribution < -0.4 is 10.9 Å². The Bertz CT molecular complexity index is 1100.